The molecule has 3 aromatic rings. The quantitative estimate of drug-likeness (QED) is 0.516. The Morgan fingerprint density at radius 3 is 2.39 bits per heavy atom. The van der Waals surface area contributed by atoms with Gasteiger partial charge in [0.1, 0.15) is 0 Å². The molecule has 0 N–H and O–H groups in total. The lowest BCUT2D eigenvalue weighted by Gasteiger charge is -2.23. The Morgan fingerprint density at radius 1 is 1.10 bits per heavy atom. The molecule has 0 atom stereocenters. The van der Waals surface area contributed by atoms with Crippen LogP contribution in [0.15, 0.2) is 55.0 Å². The summed E-state index contributed by atoms with van der Waals surface area (Å²) in [5.74, 6) is 0.205. The fourth-order valence-electron chi connectivity index (χ4n) is 3.79. The molecule has 0 saturated heterocycles. The zero-order chi connectivity index (χ0) is 23.0. The zero-order valence-corrected chi connectivity index (χ0v) is 20.4. The van der Waals surface area contributed by atoms with Crippen LogP contribution in [-0.2, 0) is 22.0 Å². The molecule has 6 heteroatoms. The summed E-state index contributed by atoms with van der Waals surface area (Å²) in [6, 6.07) is 14.4. The van der Waals surface area contributed by atoms with E-state index in [9.17, 15) is 8.42 Å². The molecule has 1 aromatic heterocycles. The summed E-state index contributed by atoms with van der Waals surface area (Å²) in [6.45, 7) is 11.5. The molecule has 2 aromatic carbocycles. The van der Waals surface area contributed by atoms with Gasteiger partial charge in [0, 0.05) is 25.4 Å². The molecule has 0 spiro atoms. The van der Waals surface area contributed by atoms with E-state index in [1.54, 1.807) is 7.05 Å². The van der Waals surface area contributed by atoms with Gasteiger partial charge in [-0.2, -0.15) is 0 Å². The van der Waals surface area contributed by atoms with Gasteiger partial charge in [0.25, 0.3) is 0 Å². The molecule has 0 aliphatic heterocycles. The van der Waals surface area contributed by atoms with Crippen LogP contribution in [0.25, 0.3) is 11.3 Å². The second-order valence-electron chi connectivity index (χ2n) is 9.51. The van der Waals surface area contributed by atoms with Crippen molar-refractivity contribution in [2.24, 2.45) is 0 Å². The summed E-state index contributed by atoms with van der Waals surface area (Å²) in [4.78, 5) is 4.67. The summed E-state index contributed by atoms with van der Waals surface area (Å²) in [6.07, 6.45) is 5.17. The maximum absolute atomic E-state index is 12.0. The maximum Gasteiger partial charge on any atom is 0.232 e. The minimum Gasteiger partial charge on any atom is -0.332 e. The second-order valence-corrected chi connectivity index (χ2v) is 11.5. The molecule has 0 amide bonds. The van der Waals surface area contributed by atoms with Gasteiger partial charge in [-0.1, -0.05) is 71.0 Å². The minimum atomic E-state index is -3.31. The molecule has 1 heterocycles. The lowest BCUT2D eigenvalue weighted by molar-refractivity contribution is 0.591. The van der Waals surface area contributed by atoms with Crippen molar-refractivity contribution >= 4 is 15.7 Å². The van der Waals surface area contributed by atoms with E-state index in [-0.39, 0.29) is 11.3 Å². The van der Waals surface area contributed by atoms with Crippen LogP contribution in [0.2, 0.25) is 0 Å². The fourth-order valence-corrected chi connectivity index (χ4v) is 4.31. The van der Waals surface area contributed by atoms with Crippen molar-refractivity contribution < 1.29 is 8.42 Å². The van der Waals surface area contributed by atoms with Crippen LogP contribution >= 0.6 is 0 Å². The zero-order valence-electron chi connectivity index (χ0n) is 19.5. The molecule has 5 nitrogen and oxygen atoms in total. The van der Waals surface area contributed by atoms with Gasteiger partial charge in [-0.25, -0.2) is 13.4 Å². The molecule has 166 valence electrons. The van der Waals surface area contributed by atoms with E-state index in [2.05, 4.69) is 80.7 Å². The van der Waals surface area contributed by atoms with Gasteiger partial charge >= 0.3 is 0 Å². The third kappa shape index (κ3) is 5.18. The van der Waals surface area contributed by atoms with Crippen LogP contribution in [-0.4, -0.2) is 31.3 Å². The van der Waals surface area contributed by atoms with Gasteiger partial charge in [-0.05, 0) is 34.1 Å². The highest BCUT2D eigenvalue weighted by atomic mass is 32.2. The Hall–Kier alpha value is -2.60. The van der Waals surface area contributed by atoms with Crippen molar-refractivity contribution in [1.82, 2.24) is 9.55 Å². The van der Waals surface area contributed by atoms with E-state index in [0.29, 0.717) is 6.54 Å². The van der Waals surface area contributed by atoms with Crippen LogP contribution in [0.4, 0.5) is 5.69 Å². The van der Waals surface area contributed by atoms with Crippen LogP contribution in [0.3, 0.4) is 0 Å². The number of imidazole rings is 1. The van der Waals surface area contributed by atoms with Gasteiger partial charge in [0.15, 0.2) is 0 Å². The van der Waals surface area contributed by atoms with E-state index < -0.39 is 10.0 Å². The van der Waals surface area contributed by atoms with Crippen molar-refractivity contribution in [1.29, 1.82) is 0 Å². The standard InChI is InChI=1S/C25H33N3O2S/c1-18(2)21-14-19(12-13-24(21)27(6)31(7,29)30)15-28-16-23(26-17-28)20-10-8-9-11-22(20)25(3,4)5/h8-14,16-18H,15H2,1-7H3. The molecule has 31 heavy (non-hydrogen) atoms. The largest absolute Gasteiger partial charge is 0.332 e. The van der Waals surface area contributed by atoms with Gasteiger partial charge in [0.05, 0.1) is 24.0 Å². The van der Waals surface area contributed by atoms with E-state index >= 15 is 0 Å². The highest BCUT2D eigenvalue weighted by Crippen LogP contribution is 2.33. The van der Waals surface area contributed by atoms with Crippen molar-refractivity contribution in [3.05, 3.63) is 71.7 Å². The lowest BCUT2D eigenvalue weighted by Crippen LogP contribution is -2.26. The Bertz CT molecular complexity index is 1170. The highest BCUT2D eigenvalue weighted by molar-refractivity contribution is 7.92. The van der Waals surface area contributed by atoms with Gasteiger partial charge < -0.3 is 4.57 Å². The molecule has 0 saturated carbocycles. The summed E-state index contributed by atoms with van der Waals surface area (Å²) < 4.78 is 27.5. The first-order valence-corrected chi connectivity index (χ1v) is 12.4. The van der Waals surface area contributed by atoms with Gasteiger partial charge in [0.2, 0.25) is 10.0 Å². The third-order valence-corrected chi connectivity index (χ3v) is 6.75. The number of aromatic nitrogens is 2. The van der Waals surface area contributed by atoms with E-state index in [4.69, 9.17) is 0 Å². The number of hydrogen-bond acceptors (Lipinski definition) is 3. The number of sulfonamides is 1. The molecule has 0 fully saturated rings. The molecular weight excluding hydrogens is 406 g/mol. The Labute approximate surface area is 186 Å². The molecule has 3 rings (SSSR count). The highest BCUT2D eigenvalue weighted by Gasteiger charge is 2.20. The number of anilines is 1. The normalized spacial score (nSPS) is 12.4. The molecular formula is C25H33N3O2S. The molecule has 0 aliphatic rings. The molecule has 0 aliphatic carbocycles. The first-order chi connectivity index (χ1) is 14.4. The van der Waals surface area contributed by atoms with Crippen molar-refractivity contribution in [2.45, 2.75) is 52.5 Å². The van der Waals surface area contributed by atoms with Gasteiger partial charge in [-0.3, -0.25) is 4.31 Å². The Morgan fingerprint density at radius 2 is 1.77 bits per heavy atom. The SMILES string of the molecule is CC(C)c1cc(Cn2cnc(-c3ccccc3C(C)(C)C)c2)ccc1N(C)S(C)(=O)=O. The van der Waals surface area contributed by atoms with Gasteiger partial charge in [-0.15, -0.1) is 0 Å². The predicted molar refractivity (Wildman–Crippen MR) is 129 cm³/mol. The van der Waals surface area contributed by atoms with Crippen LogP contribution < -0.4 is 4.31 Å². The topological polar surface area (TPSA) is 55.2 Å². The van der Waals surface area contributed by atoms with Crippen LogP contribution in [0, 0.1) is 0 Å². The number of benzene rings is 2. The number of hydrogen-bond donors (Lipinski definition) is 0. The van der Waals surface area contributed by atoms with E-state index in [0.717, 1.165) is 28.1 Å². The van der Waals surface area contributed by atoms with E-state index in [1.165, 1.54) is 16.1 Å². The molecule has 0 bridgehead atoms. The van der Waals surface area contributed by atoms with Crippen LogP contribution in [0.1, 0.15) is 57.2 Å². The average Bonchev–Trinajstić information content (AvgIpc) is 3.14. The predicted octanol–water partition coefficient (Wildman–Crippen LogP) is 5.42. The average molecular weight is 440 g/mol. The minimum absolute atomic E-state index is 0.0357. The summed E-state index contributed by atoms with van der Waals surface area (Å²) in [5.41, 5.74) is 6.28. The van der Waals surface area contributed by atoms with Crippen LogP contribution in [0.5, 0.6) is 0 Å². The third-order valence-electron chi connectivity index (χ3n) is 5.56. The summed E-state index contributed by atoms with van der Waals surface area (Å²) >= 11 is 0. The maximum atomic E-state index is 12.0. The summed E-state index contributed by atoms with van der Waals surface area (Å²) in [7, 11) is -1.71. The first-order valence-electron chi connectivity index (χ1n) is 10.6. The van der Waals surface area contributed by atoms with Crippen molar-refractivity contribution in [3.8, 4) is 11.3 Å². The van der Waals surface area contributed by atoms with E-state index in [1.807, 2.05) is 18.5 Å². The number of rotatable bonds is 6. The monoisotopic (exact) mass is 439 g/mol. The van der Waals surface area contributed by atoms with Crippen molar-refractivity contribution in [3.63, 3.8) is 0 Å². The smallest absolute Gasteiger partial charge is 0.232 e. The summed E-state index contributed by atoms with van der Waals surface area (Å²) in [5, 5.41) is 0. The number of nitrogens with zero attached hydrogens (tertiary/aromatic N) is 3. The molecule has 0 unspecified atom stereocenters. The molecule has 0 radical (unpaired) electrons. The lowest BCUT2D eigenvalue weighted by atomic mass is 9.83. The Balaban J connectivity index is 1.92. The second kappa shape index (κ2) is 8.50. The first kappa shape index (κ1) is 23.1. The van der Waals surface area contributed by atoms with Crippen molar-refractivity contribution in [2.75, 3.05) is 17.6 Å². The fraction of sp³-hybridized carbons (Fsp3) is 0.400. The Kier molecular flexibility index (Phi) is 6.33.